The average molecular weight is 236 g/mol. The molecule has 0 unspecified atom stereocenters. The highest BCUT2D eigenvalue weighted by molar-refractivity contribution is 5.85. The molecule has 0 fully saturated rings. The molecule has 2 aromatic carbocycles. The highest BCUT2D eigenvalue weighted by Crippen LogP contribution is 2.21. The van der Waals surface area contributed by atoms with Crippen LogP contribution in [0.25, 0.3) is 22.0 Å². The number of nitrogens with zero attached hydrogens (tertiary/aromatic N) is 1. The number of pyridine rings is 1. The molecular formula is C16H13NO. The summed E-state index contributed by atoms with van der Waals surface area (Å²) in [6, 6.07) is 17.2. The van der Waals surface area contributed by atoms with Gasteiger partial charge in [-0.15, -0.1) is 0 Å². The summed E-state index contributed by atoms with van der Waals surface area (Å²) in [7, 11) is 1.72. The molecule has 0 aliphatic rings. The number of aromatic nitrogens is 1. The number of rotatable bonds is 1. The first-order valence-corrected chi connectivity index (χ1v) is 5.84. The number of hydrogen-bond donors (Lipinski definition) is 0. The topological polar surface area (TPSA) is 22.0 Å². The van der Waals surface area contributed by atoms with Crippen LogP contribution in [0.4, 0.5) is 0 Å². The summed E-state index contributed by atoms with van der Waals surface area (Å²) in [4.78, 5) is 12.4. The molecule has 1 heterocycles. The predicted molar refractivity (Wildman–Crippen MR) is 74.6 cm³/mol. The van der Waals surface area contributed by atoms with E-state index < -0.39 is 0 Å². The van der Waals surface area contributed by atoms with Gasteiger partial charge in [-0.25, -0.2) is 0 Å². The van der Waals surface area contributed by atoms with Gasteiger partial charge < -0.3 is 4.57 Å². The summed E-state index contributed by atoms with van der Waals surface area (Å²) >= 11 is 0. The van der Waals surface area contributed by atoms with Crippen molar-refractivity contribution in [1.82, 2.24) is 4.57 Å². The van der Waals surface area contributed by atoms with Gasteiger partial charge in [0.15, 0.2) is 0 Å². The first-order valence-electron chi connectivity index (χ1n) is 6.34. The van der Waals surface area contributed by atoms with E-state index in [1.807, 2.05) is 48.5 Å². The van der Waals surface area contributed by atoms with Gasteiger partial charge in [0.1, 0.15) is 0 Å². The minimum absolute atomic E-state index is 0.0644. The van der Waals surface area contributed by atoms with E-state index in [0.29, 0.717) is 22.5 Å². The Bertz CT molecular complexity index is 806. The van der Waals surface area contributed by atoms with E-state index >= 15 is 0 Å². The molecule has 88 valence electrons. The highest BCUT2D eigenvalue weighted by Gasteiger charge is 2.06. The molecule has 0 aliphatic heterocycles. The van der Waals surface area contributed by atoms with Crippen LogP contribution >= 0.6 is 0 Å². The zero-order chi connectivity index (χ0) is 13.4. The maximum Gasteiger partial charge on any atom is 0.258 e. The lowest BCUT2D eigenvalue weighted by atomic mass is 10.1. The highest BCUT2D eigenvalue weighted by atomic mass is 16.1. The van der Waals surface area contributed by atoms with Crippen molar-refractivity contribution in [2.75, 3.05) is 0 Å². The molecule has 0 aliphatic carbocycles. The van der Waals surface area contributed by atoms with Gasteiger partial charge in [-0.2, -0.15) is 0 Å². The van der Waals surface area contributed by atoms with Crippen LogP contribution in [-0.4, -0.2) is 4.57 Å². The van der Waals surface area contributed by atoms with Crippen LogP contribution in [0, 0.1) is 0 Å². The molecule has 3 rings (SSSR count). The fourth-order valence-electron chi connectivity index (χ4n) is 2.13. The number of benzene rings is 2. The van der Waals surface area contributed by atoms with Crippen molar-refractivity contribution < 1.29 is 1.37 Å². The number of hydrogen-bond acceptors (Lipinski definition) is 1. The Kier molecular flexibility index (Phi) is 2.23. The van der Waals surface area contributed by atoms with Crippen molar-refractivity contribution in [3.8, 4) is 11.3 Å². The van der Waals surface area contributed by atoms with E-state index in [1.165, 1.54) is 0 Å². The number of fused-ring (bicyclic) bond motifs is 1. The van der Waals surface area contributed by atoms with Crippen LogP contribution in [0.5, 0.6) is 0 Å². The summed E-state index contributed by atoms with van der Waals surface area (Å²) in [5, 5.41) is 1.29. The molecular weight excluding hydrogens is 222 g/mol. The van der Waals surface area contributed by atoms with E-state index in [4.69, 9.17) is 1.37 Å². The summed E-state index contributed by atoms with van der Waals surface area (Å²) in [6.07, 6.45) is 0. The standard InChI is InChI=1S/C16H13NO/c1-17-15(12-7-3-2-4-8-12)11-13-9-5-6-10-14(13)16(17)18/h2-11H,1H3/i11D. The van der Waals surface area contributed by atoms with Crippen LogP contribution in [0.3, 0.4) is 0 Å². The third-order valence-electron chi connectivity index (χ3n) is 3.10. The first-order chi connectivity index (χ1) is 9.20. The van der Waals surface area contributed by atoms with Crippen LogP contribution in [0.15, 0.2) is 65.4 Å². The van der Waals surface area contributed by atoms with Crippen molar-refractivity contribution in [2.45, 2.75) is 0 Å². The monoisotopic (exact) mass is 236 g/mol. The zero-order valence-corrected chi connectivity index (χ0v) is 10.1. The molecule has 1 aromatic heterocycles. The Morgan fingerprint density at radius 2 is 1.67 bits per heavy atom. The lowest BCUT2D eigenvalue weighted by Gasteiger charge is -2.10. The second-order valence-electron chi connectivity index (χ2n) is 4.25. The van der Waals surface area contributed by atoms with Crippen LogP contribution in [0.1, 0.15) is 1.37 Å². The average Bonchev–Trinajstić information content (AvgIpc) is 2.46. The minimum Gasteiger partial charge on any atom is -0.311 e. The Morgan fingerprint density at radius 1 is 1.00 bits per heavy atom. The molecule has 0 radical (unpaired) electrons. The maximum absolute atomic E-state index is 12.4. The molecule has 2 heteroatoms. The SMILES string of the molecule is [2H]c1c(-c2ccccc2)n(C)c(=O)c2ccccc12. The molecule has 0 spiro atoms. The first kappa shape index (κ1) is 9.66. The predicted octanol–water partition coefficient (Wildman–Crippen LogP) is 3.21. The van der Waals surface area contributed by atoms with Gasteiger partial charge in [-0.05, 0) is 23.1 Å². The van der Waals surface area contributed by atoms with Crippen LogP contribution in [-0.2, 0) is 7.05 Å². The Morgan fingerprint density at radius 3 is 2.44 bits per heavy atom. The Balaban J connectivity index is 2.48. The second-order valence-corrected chi connectivity index (χ2v) is 4.25. The van der Waals surface area contributed by atoms with Crippen LogP contribution < -0.4 is 5.56 Å². The van der Waals surface area contributed by atoms with Crippen molar-refractivity contribution in [1.29, 1.82) is 0 Å². The molecule has 3 aromatic rings. The fourth-order valence-corrected chi connectivity index (χ4v) is 2.13. The largest absolute Gasteiger partial charge is 0.311 e. The van der Waals surface area contributed by atoms with E-state index in [0.717, 1.165) is 5.56 Å². The van der Waals surface area contributed by atoms with Gasteiger partial charge in [-0.1, -0.05) is 48.5 Å². The second kappa shape index (κ2) is 4.15. The molecule has 0 amide bonds. The van der Waals surface area contributed by atoms with Crippen molar-refractivity contribution in [3.05, 3.63) is 71.0 Å². The van der Waals surface area contributed by atoms with Gasteiger partial charge in [0.25, 0.3) is 5.56 Å². The van der Waals surface area contributed by atoms with Gasteiger partial charge in [-0.3, -0.25) is 4.79 Å². The molecule has 0 N–H and O–H groups in total. The molecule has 0 saturated heterocycles. The fraction of sp³-hybridized carbons (Fsp3) is 0.0625. The van der Waals surface area contributed by atoms with E-state index in [-0.39, 0.29) is 5.56 Å². The van der Waals surface area contributed by atoms with E-state index in [2.05, 4.69) is 0 Å². The van der Waals surface area contributed by atoms with Gasteiger partial charge in [0.2, 0.25) is 0 Å². The molecule has 0 saturated carbocycles. The maximum atomic E-state index is 12.4. The van der Waals surface area contributed by atoms with Gasteiger partial charge in [0.05, 0.1) is 7.06 Å². The molecule has 0 atom stereocenters. The Hall–Kier alpha value is -2.35. The van der Waals surface area contributed by atoms with Crippen LogP contribution in [0.2, 0.25) is 0 Å². The summed E-state index contributed by atoms with van der Waals surface area (Å²) in [6.45, 7) is 0. The lowest BCUT2D eigenvalue weighted by Crippen LogP contribution is -2.18. The summed E-state index contributed by atoms with van der Waals surface area (Å²) in [5.41, 5.74) is 1.48. The molecule has 2 nitrogen and oxygen atoms in total. The zero-order valence-electron chi connectivity index (χ0n) is 11.1. The van der Waals surface area contributed by atoms with Crippen molar-refractivity contribution >= 4 is 10.8 Å². The lowest BCUT2D eigenvalue weighted by molar-refractivity contribution is 0.883. The van der Waals surface area contributed by atoms with Crippen molar-refractivity contribution in [3.63, 3.8) is 0 Å². The van der Waals surface area contributed by atoms with Gasteiger partial charge >= 0.3 is 0 Å². The van der Waals surface area contributed by atoms with E-state index in [1.54, 1.807) is 17.7 Å². The smallest absolute Gasteiger partial charge is 0.258 e. The summed E-state index contributed by atoms with van der Waals surface area (Å²) in [5.74, 6) is 0. The molecule has 18 heavy (non-hydrogen) atoms. The minimum atomic E-state index is -0.0644. The van der Waals surface area contributed by atoms with E-state index in [9.17, 15) is 4.79 Å². The van der Waals surface area contributed by atoms with Crippen molar-refractivity contribution in [2.24, 2.45) is 7.05 Å². The molecule has 0 bridgehead atoms. The van der Waals surface area contributed by atoms with Gasteiger partial charge in [0, 0.05) is 12.4 Å². The third-order valence-corrected chi connectivity index (χ3v) is 3.10. The summed E-state index contributed by atoms with van der Waals surface area (Å²) < 4.78 is 9.91. The third kappa shape index (κ3) is 1.63. The Labute approximate surface area is 107 Å². The quantitative estimate of drug-likeness (QED) is 0.636. The normalized spacial score (nSPS) is 11.5.